The molecule has 0 aromatic carbocycles. The summed E-state index contributed by atoms with van der Waals surface area (Å²) in [5, 5.41) is 9.97. The van der Waals surface area contributed by atoms with Gasteiger partial charge in [0.25, 0.3) is 15.6 Å². The monoisotopic (exact) mass is 533 g/mol. The number of aromatic nitrogens is 4. The van der Waals surface area contributed by atoms with E-state index in [-0.39, 0.29) is 92.4 Å². The van der Waals surface area contributed by atoms with E-state index in [2.05, 4.69) is 28.1 Å². The molecular formula is C10H11FLi4N5O12P3. The van der Waals surface area contributed by atoms with Crippen LogP contribution in [0.2, 0.25) is 0 Å². The number of imidazole rings is 1. The van der Waals surface area contributed by atoms with Crippen LogP contribution in [0, 0.1) is 0 Å². The normalized spacial score (nSPS) is 25.2. The summed E-state index contributed by atoms with van der Waals surface area (Å²) in [6, 6.07) is 0. The molecule has 25 heteroatoms. The average molecular weight is 533 g/mol. The van der Waals surface area contributed by atoms with Gasteiger partial charge in [-0.3, -0.25) is 18.0 Å². The first-order valence-electron chi connectivity index (χ1n) is 7.81. The van der Waals surface area contributed by atoms with Crippen molar-refractivity contribution in [2.24, 2.45) is 0 Å². The molecule has 2 aromatic rings. The summed E-state index contributed by atoms with van der Waals surface area (Å²) in [5.74, 6) is -0.0213. The van der Waals surface area contributed by atoms with Crippen LogP contribution < -0.4 is 101 Å². The summed E-state index contributed by atoms with van der Waals surface area (Å²) < 4.78 is 64.3. The van der Waals surface area contributed by atoms with Gasteiger partial charge in [-0.1, -0.05) is 0 Å². The van der Waals surface area contributed by atoms with Gasteiger partial charge in [0.15, 0.2) is 23.9 Å². The Bertz CT molecular complexity index is 1130. The number of hydrogen-bond donors (Lipinski definition) is 2. The molecule has 17 nitrogen and oxygen atoms in total. The number of alkyl halides is 1. The van der Waals surface area contributed by atoms with Crippen LogP contribution in [0.25, 0.3) is 11.2 Å². The maximum atomic E-state index is 14.6. The van der Waals surface area contributed by atoms with Gasteiger partial charge in [0.2, 0.25) is 0 Å². The van der Waals surface area contributed by atoms with Crippen molar-refractivity contribution < 1.29 is 136 Å². The van der Waals surface area contributed by atoms with Crippen molar-refractivity contribution in [2.45, 2.75) is 24.6 Å². The molecule has 3 rings (SSSR count). The van der Waals surface area contributed by atoms with E-state index in [4.69, 9.17) is 10.5 Å². The summed E-state index contributed by atoms with van der Waals surface area (Å²) >= 11 is 0. The largest absolute Gasteiger partial charge is 1.00 e. The van der Waals surface area contributed by atoms with Crippen molar-refractivity contribution in [3.63, 3.8) is 0 Å². The van der Waals surface area contributed by atoms with Crippen LogP contribution in [0.15, 0.2) is 12.7 Å². The first-order chi connectivity index (χ1) is 14.2. The molecule has 3 heterocycles. The number of halogens is 1. The minimum atomic E-state index is -6.16. The Hall–Kier alpha value is 1.000. The van der Waals surface area contributed by atoms with Crippen molar-refractivity contribution in [2.75, 3.05) is 12.3 Å². The Morgan fingerprint density at radius 2 is 1.66 bits per heavy atom. The van der Waals surface area contributed by atoms with E-state index in [1.54, 1.807) is 0 Å². The molecule has 2 unspecified atom stereocenters. The molecule has 0 radical (unpaired) electrons. The number of hydrogen-bond acceptors (Lipinski definition) is 16. The van der Waals surface area contributed by atoms with E-state index in [0.717, 1.165) is 17.2 Å². The van der Waals surface area contributed by atoms with E-state index in [0.29, 0.717) is 0 Å². The Balaban J connectivity index is 0. The van der Waals surface area contributed by atoms with E-state index in [1.165, 1.54) is 0 Å². The summed E-state index contributed by atoms with van der Waals surface area (Å²) in [4.78, 5) is 54.7. The second-order valence-electron chi connectivity index (χ2n) is 5.88. The fraction of sp³-hybridized carbons (Fsp3) is 0.500. The molecule has 0 spiro atoms. The standard InChI is InChI=1S/C10H15FN5O12P3.4Li/c11-5-7(17)4(1-25-30(21,22)28-31(23,24)27-29(18,19)20)26-10(5)16-3-15-6-8(12)13-2-14-9(6)16;;;;/h2-5,7,10,17H,1H2,(H,21,22)(H,23,24)(H2,12,13,14)(H2,18,19,20);;;;/q;4*+1/p-4/t4-,5-,7-,10-;;;;/m1..../s1. The third-order valence-corrected chi connectivity index (χ3v) is 7.42. The van der Waals surface area contributed by atoms with Crippen LogP contribution in [0.3, 0.4) is 0 Å². The molecule has 2 aromatic heterocycles. The molecule has 3 N–H and O–H groups in total. The van der Waals surface area contributed by atoms with Gasteiger partial charge < -0.3 is 44.2 Å². The third kappa shape index (κ3) is 9.92. The topological polar surface area (TPSA) is 270 Å². The molecule has 35 heavy (non-hydrogen) atoms. The predicted molar refractivity (Wildman–Crippen MR) is 85.5 cm³/mol. The Labute approximate surface area is 244 Å². The quantitative estimate of drug-likeness (QED) is 0.236. The first kappa shape index (κ1) is 38.1. The minimum absolute atomic E-state index is 0. The number of phosphoric acid groups is 3. The second kappa shape index (κ2) is 14.4. The summed E-state index contributed by atoms with van der Waals surface area (Å²) in [6.45, 7) is -1.16. The number of aliphatic hydroxyl groups excluding tert-OH is 1. The van der Waals surface area contributed by atoms with Crippen LogP contribution >= 0.6 is 23.5 Å². The van der Waals surface area contributed by atoms with Gasteiger partial charge in [-0.15, -0.1) is 0 Å². The maximum Gasteiger partial charge on any atom is 1.00 e. The third-order valence-electron chi connectivity index (χ3n) is 3.75. The van der Waals surface area contributed by atoms with E-state index < -0.39 is 54.7 Å². The van der Waals surface area contributed by atoms with Crippen molar-refractivity contribution in [1.29, 1.82) is 0 Å². The molecule has 0 aliphatic carbocycles. The van der Waals surface area contributed by atoms with Crippen LogP contribution in [0.5, 0.6) is 0 Å². The Kier molecular flexibility index (Phi) is 15.7. The second-order valence-corrected chi connectivity index (χ2v) is 10.1. The van der Waals surface area contributed by atoms with Crippen LogP contribution in [-0.4, -0.2) is 49.6 Å². The smallest absolute Gasteiger partial charge is 0.790 e. The van der Waals surface area contributed by atoms with Gasteiger partial charge in [0.1, 0.15) is 24.1 Å². The Morgan fingerprint density at radius 3 is 2.23 bits per heavy atom. The van der Waals surface area contributed by atoms with Gasteiger partial charge in [0.05, 0.1) is 20.8 Å². The molecule has 1 fully saturated rings. The molecule has 1 aliphatic rings. The molecular weight excluding hydrogens is 522 g/mol. The predicted octanol–water partition coefficient (Wildman–Crippen LogP) is -15.2. The zero-order valence-corrected chi connectivity index (χ0v) is 21.4. The van der Waals surface area contributed by atoms with E-state index >= 15 is 0 Å². The number of nitrogen functional groups attached to an aromatic ring is 1. The van der Waals surface area contributed by atoms with Gasteiger partial charge in [0, 0.05) is 0 Å². The number of anilines is 1. The zero-order chi connectivity index (χ0) is 23.2. The summed E-state index contributed by atoms with van der Waals surface area (Å²) in [7, 11) is -18.2. The maximum absolute atomic E-state index is 14.6. The molecule has 0 amide bonds. The van der Waals surface area contributed by atoms with Crippen LogP contribution in [-0.2, 0) is 31.6 Å². The van der Waals surface area contributed by atoms with Gasteiger partial charge >= 0.3 is 75.4 Å². The van der Waals surface area contributed by atoms with Crippen molar-refractivity contribution in [1.82, 2.24) is 19.5 Å². The van der Waals surface area contributed by atoms with Crippen LogP contribution in [0.4, 0.5) is 10.2 Å². The van der Waals surface area contributed by atoms with Crippen molar-refractivity contribution in [3.8, 4) is 0 Å². The number of rotatable bonds is 8. The number of ether oxygens (including phenoxy) is 1. The molecule has 1 saturated heterocycles. The van der Waals surface area contributed by atoms with E-state index in [1.807, 2.05) is 0 Å². The number of fused-ring (bicyclic) bond motifs is 1. The van der Waals surface area contributed by atoms with Crippen molar-refractivity contribution in [3.05, 3.63) is 12.7 Å². The van der Waals surface area contributed by atoms with E-state index in [9.17, 15) is 42.8 Å². The number of nitrogens with zero attached hydrogens (tertiary/aromatic N) is 4. The fourth-order valence-electron chi connectivity index (χ4n) is 2.57. The van der Waals surface area contributed by atoms with Gasteiger partial charge in [-0.2, -0.15) is 0 Å². The summed E-state index contributed by atoms with van der Waals surface area (Å²) in [5.41, 5.74) is 5.76. The van der Waals surface area contributed by atoms with Crippen molar-refractivity contribution >= 4 is 40.4 Å². The Morgan fingerprint density at radius 1 is 1.06 bits per heavy atom. The molecule has 0 saturated carbocycles. The zero-order valence-electron chi connectivity index (χ0n) is 18.7. The van der Waals surface area contributed by atoms with Gasteiger partial charge in [-0.25, -0.2) is 23.7 Å². The first-order valence-corrected chi connectivity index (χ1v) is 12.2. The average Bonchev–Trinajstić information content (AvgIpc) is 3.13. The number of nitrogens with two attached hydrogens (primary N) is 1. The SMILES string of the molecule is Nc1ncnc2c1ncn2[C@@H]1O[C@H](COP(=O)([O-])OP(=O)([O-])OP(=O)([O-])[O-])[C@@H](O)[C@H]1F.[Li+].[Li+].[Li+].[Li+]. The molecule has 0 bridgehead atoms. The van der Waals surface area contributed by atoms with Crippen LogP contribution in [0.1, 0.15) is 6.23 Å². The fourth-order valence-corrected chi connectivity index (χ4v) is 5.43. The minimum Gasteiger partial charge on any atom is -0.790 e. The molecule has 6 atom stereocenters. The number of phosphoric ester groups is 1. The van der Waals surface area contributed by atoms with Gasteiger partial charge in [-0.05, 0) is 0 Å². The summed E-state index contributed by atoms with van der Waals surface area (Å²) in [6.07, 6.45) is -5.18. The molecule has 174 valence electrons. The molecule has 1 aliphatic heterocycles. The number of aliphatic hydroxyl groups is 1.